The summed E-state index contributed by atoms with van der Waals surface area (Å²) in [5, 5.41) is 3.06. The van der Waals surface area contributed by atoms with Crippen LogP contribution in [0.3, 0.4) is 0 Å². The fourth-order valence-corrected chi connectivity index (χ4v) is 7.43. The van der Waals surface area contributed by atoms with Crippen molar-refractivity contribution in [2.45, 2.75) is 46.4 Å². The molecule has 170 valence electrons. The molecule has 4 rings (SSSR count). The molecule has 7 heteroatoms. The zero-order valence-corrected chi connectivity index (χ0v) is 21.3. The van der Waals surface area contributed by atoms with Crippen molar-refractivity contribution in [2.75, 3.05) is 31.1 Å². The molecular weight excluding hydrogens is 438 g/mol. The van der Waals surface area contributed by atoms with Gasteiger partial charge in [-0.3, -0.25) is 0 Å². The quantitative estimate of drug-likeness (QED) is 0.529. The Balaban J connectivity index is 1.54. The Kier molecular flexibility index (Phi) is 6.18. The first-order valence-electron chi connectivity index (χ1n) is 11.0. The van der Waals surface area contributed by atoms with E-state index in [9.17, 15) is 8.42 Å². The molecule has 1 aliphatic rings. The number of piperazine rings is 1. The van der Waals surface area contributed by atoms with Crippen LogP contribution >= 0.6 is 11.3 Å². The number of hydrogen-bond acceptors (Lipinski definition) is 5. The molecule has 0 atom stereocenters. The van der Waals surface area contributed by atoms with Crippen molar-refractivity contribution in [1.29, 1.82) is 0 Å². The van der Waals surface area contributed by atoms with Gasteiger partial charge in [0.15, 0.2) is 5.13 Å². The summed E-state index contributed by atoms with van der Waals surface area (Å²) in [6.45, 7) is 14.2. The van der Waals surface area contributed by atoms with Gasteiger partial charge in [-0.05, 0) is 74.9 Å². The van der Waals surface area contributed by atoms with E-state index >= 15 is 0 Å². The van der Waals surface area contributed by atoms with Gasteiger partial charge in [-0.25, -0.2) is 13.4 Å². The van der Waals surface area contributed by atoms with Crippen LogP contribution in [0, 0.1) is 41.5 Å². The zero-order chi connectivity index (χ0) is 23.2. The van der Waals surface area contributed by atoms with E-state index in [0.717, 1.165) is 33.1 Å². The largest absolute Gasteiger partial charge is 0.345 e. The SMILES string of the molecule is Cc1cc(C)c(C)c(S(=O)(=O)N2CCN(c3nc(-c4c(C)cccc4C)cs3)CC2)c1C. The topological polar surface area (TPSA) is 53.5 Å². The highest BCUT2D eigenvalue weighted by Crippen LogP contribution is 2.33. The number of aryl methyl sites for hydroxylation is 4. The molecule has 0 spiro atoms. The lowest BCUT2D eigenvalue weighted by atomic mass is 10.0. The van der Waals surface area contributed by atoms with E-state index in [1.807, 2.05) is 27.7 Å². The molecule has 32 heavy (non-hydrogen) atoms. The molecule has 0 amide bonds. The summed E-state index contributed by atoms with van der Waals surface area (Å²) in [4.78, 5) is 7.58. The van der Waals surface area contributed by atoms with Crippen LogP contribution in [-0.2, 0) is 10.0 Å². The average molecular weight is 470 g/mol. The third-order valence-corrected chi connectivity index (χ3v) is 9.71. The minimum Gasteiger partial charge on any atom is -0.345 e. The van der Waals surface area contributed by atoms with Gasteiger partial charge in [-0.2, -0.15) is 4.31 Å². The van der Waals surface area contributed by atoms with Crippen LogP contribution in [-0.4, -0.2) is 43.9 Å². The Hall–Kier alpha value is -2.22. The van der Waals surface area contributed by atoms with Gasteiger partial charge in [-0.1, -0.05) is 24.3 Å². The molecule has 0 unspecified atom stereocenters. The smallest absolute Gasteiger partial charge is 0.243 e. The second-order valence-corrected chi connectivity index (χ2v) is 11.5. The molecule has 0 bridgehead atoms. The Morgan fingerprint density at radius 3 is 1.97 bits per heavy atom. The fraction of sp³-hybridized carbons (Fsp3) is 0.400. The molecule has 2 aromatic carbocycles. The van der Waals surface area contributed by atoms with Crippen LogP contribution < -0.4 is 4.90 Å². The lowest BCUT2D eigenvalue weighted by molar-refractivity contribution is 0.384. The first-order chi connectivity index (χ1) is 15.1. The maximum atomic E-state index is 13.5. The van der Waals surface area contributed by atoms with E-state index in [1.165, 1.54) is 16.7 Å². The predicted octanol–water partition coefficient (Wildman–Crippen LogP) is 5.17. The molecule has 1 aromatic heterocycles. The summed E-state index contributed by atoms with van der Waals surface area (Å²) in [5.74, 6) is 0. The number of anilines is 1. The minimum atomic E-state index is -3.53. The monoisotopic (exact) mass is 469 g/mol. The Bertz CT molecular complexity index is 1220. The molecule has 1 saturated heterocycles. The summed E-state index contributed by atoms with van der Waals surface area (Å²) in [7, 11) is -3.53. The van der Waals surface area contributed by atoms with Crippen molar-refractivity contribution >= 4 is 26.5 Å². The number of rotatable bonds is 4. The molecule has 0 radical (unpaired) electrons. The van der Waals surface area contributed by atoms with Gasteiger partial charge in [0.1, 0.15) is 0 Å². The first kappa shape index (κ1) is 23.0. The molecule has 5 nitrogen and oxygen atoms in total. The van der Waals surface area contributed by atoms with Crippen LogP contribution in [0.5, 0.6) is 0 Å². The second kappa shape index (κ2) is 8.61. The van der Waals surface area contributed by atoms with Gasteiger partial charge in [0.05, 0.1) is 10.6 Å². The summed E-state index contributed by atoms with van der Waals surface area (Å²) in [5.41, 5.74) is 8.38. The van der Waals surface area contributed by atoms with Crippen molar-refractivity contribution in [3.63, 3.8) is 0 Å². The summed E-state index contributed by atoms with van der Waals surface area (Å²) < 4.78 is 28.7. The highest BCUT2D eigenvalue weighted by molar-refractivity contribution is 7.89. The van der Waals surface area contributed by atoms with E-state index in [4.69, 9.17) is 4.98 Å². The molecule has 0 saturated carbocycles. The van der Waals surface area contributed by atoms with Crippen molar-refractivity contribution < 1.29 is 8.42 Å². The minimum absolute atomic E-state index is 0.465. The molecule has 0 N–H and O–H groups in total. The Labute approximate surface area is 195 Å². The molecule has 1 aliphatic heterocycles. The molecule has 1 fully saturated rings. The lowest BCUT2D eigenvalue weighted by Crippen LogP contribution is -2.49. The Morgan fingerprint density at radius 2 is 1.41 bits per heavy atom. The molecule has 0 aliphatic carbocycles. The van der Waals surface area contributed by atoms with Crippen LogP contribution in [0.2, 0.25) is 0 Å². The third kappa shape index (κ3) is 3.98. The van der Waals surface area contributed by atoms with Crippen LogP contribution in [0.4, 0.5) is 5.13 Å². The van der Waals surface area contributed by atoms with Crippen molar-refractivity contribution in [3.8, 4) is 11.3 Å². The summed E-state index contributed by atoms with van der Waals surface area (Å²) in [6.07, 6.45) is 0. The normalized spacial score (nSPS) is 15.4. The van der Waals surface area contributed by atoms with Gasteiger partial charge < -0.3 is 4.90 Å². The average Bonchev–Trinajstić information content (AvgIpc) is 3.22. The Morgan fingerprint density at radius 1 is 0.844 bits per heavy atom. The van der Waals surface area contributed by atoms with E-state index in [0.29, 0.717) is 31.1 Å². The van der Waals surface area contributed by atoms with Crippen molar-refractivity contribution in [2.24, 2.45) is 0 Å². The fourth-order valence-electron chi connectivity index (χ4n) is 4.56. The maximum Gasteiger partial charge on any atom is 0.243 e. The first-order valence-corrected chi connectivity index (χ1v) is 13.3. The number of hydrogen-bond donors (Lipinski definition) is 0. The molecule has 2 heterocycles. The van der Waals surface area contributed by atoms with Gasteiger partial charge in [0.25, 0.3) is 0 Å². The number of nitrogens with zero attached hydrogens (tertiary/aromatic N) is 3. The second-order valence-electron chi connectivity index (χ2n) is 8.76. The standard InChI is InChI=1S/C25H31N3O2S2/c1-16-8-7-9-17(2)23(16)22-15-31-25(26-22)27-10-12-28(13-11-27)32(29,30)24-20(5)18(3)14-19(4)21(24)6/h7-9,14-15H,10-13H2,1-6H3. The number of sulfonamides is 1. The third-order valence-electron chi connectivity index (χ3n) is 6.63. The summed E-state index contributed by atoms with van der Waals surface area (Å²) >= 11 is 1.63. The predicted molar refractivity (Wildman–Crippen MR) is 133 cm³/mol. The number of thiazole rings is 1. The van der Waals surface area contributed by atoms with Gasteiger partial charge in [0, 0.05) is 37.1 Å². The van der Waals surface area contributed by atoms with E-state index in [2.05, 4.69) is 48.4 Å². The van der Waals surface area contributed by atoms with Crippen LogP contribution in [0.25, 0.3) is 11.3 Å². The van der Waals surface area contributed by atoms with Crippen LogP contribution in [0.15, 0.2) is 34.5 Å². The molecular formula is C25H31N3O2S2. The van der Waals surface area contributed by atoms with Crippen molar-refractivity contribution in [3.05, 3.63) is 63.0 Å². The highest BCUT2D eigenvalue weighted by atomic mass is 32.2. The van der Waals surface area contributed by atoms with Gasteiger partial charge in [-0.15, -0.1) is 11.3 Å². The number of benzene rings is 2. The summed E-state index contributed by atoms with van der Waals surface area (Å²) in [6, 6.07) is 8.36. The molecule has 3 aromatic rings. The maximum absolute atomic E-state index is 13.5. The van der Waals surface area contributed by atoms with E-state index in [1.54, 1.807) is 15.6 Å². The van der Waals surface area contributed by atoms with Crippen LogP contribution in [0.1, 0.15) is 33.4 Å². The lowest BCUT2D eigenvalue weighted by Gasteiger charge is -2.34. The van der Waals surface area contributed by atoms with Gasteiger partial charge >= 0.3 is 0 Å². The van der Waals surface area contributed by atoms with E-state index < -0.39 is 10.0 Å². The van der Waals surface area contributed by atoms with E-state index in [-0.39, 0.29) is 0 Å². The number of aromatic nitrogens is 1. The zero-order valence-electron chi connectivity index (χ0n) is 19.7. The highest BCUT2D eigenvalue weighted by Gasteiger charge is 2.32. The van der Waals surface area contributed by atoms with Crippen molar-refractivity contribution in [1.82, 2.24) is 9.29 Å². The van der Waals surface area contributed by atoms with Gasteiger partial charge in [0.2, 0.25) is 10.0 Å².